The summed E-state index contributed by atoms with van der Waals surface area (Å²) >= 11 is 1.57. The SMILES string of the molecule is COC(=O)c1nc(C(=O)NC2CC2)ccc1-c1cc2c(cc1C(=O)Nc1c(C)cc(CNC(=O)OC(C)(C)C)cc1C)-c1sccc1CCO2. The molecule has 0 unspecified atom stereocenters. The Morgan fingerprint density at radius 1 is 0.960 bits per heavy atom. The second-order valence-corrected chi connectivity index (χ2v) is 14.4. The summed E-state index contributed by atoms with van der Waals surface area (Å²) in [4.78, 5) is 58.1. The van der Waals surface area contributed by atoms with Crippen molar-refractivity contribution in [2.75, 3.05) is 19.0 Å². The van der Waals surface area contributed by atoms with Crippen LogP contribution in [0.15, 0.2) is 47.8 Å². The topological polar surface area (TPSA) is 145 Å². The molecule has 0 atom stereocenters. The maximum atomic E-state index is 14.4. The van der Waals surface area contributed by atoms with Crippen molar-refractivity contribution in [2.24, 2.45) is 0 Å². The molecule has 4 aromatic rings. The van der Waals surface area contributed by atoms with Crippen LogP contribution in [0.4, 0.5) is 10.5 Å². The van der Waals surface area contributed by atoms with E-state index >= 15 is 0 Å². The largest absolute Gasteiger partial charge is 0.493 e. The number of pyridine rings is 1. The van der Waals surface area contributed by atoms with Gasteiger partial charge in [-0.15, -0.1) is 11.3 Å². The van der Waals surface area contributed by atoms with Crippen molar-refractivity contribution in [1.82, 2.24) is 15.6 Å². The van der Waals surface area contributed by atoms with Crippen molar-refractivity contribution in [3.05, 3.63) is 87.0 Å². The van der Waals surface area contributed by atoms with Crippen LogP contribution in [0, 0.1) is 13.8 Å². The van der Waals surface area contributed by atoms with Gasteiger partial charge in [0.2, 0.25) is 0 Å². The Hall–Kier alpha value is -5.23. The minimum Gasteiger partial charge on any atom is -0.493 e. The average molecular weight is 697 g/mol. The van der Waals surface area contributed by atoms with Gasteiger partial charge in [-0.05, 0) is 105 Å². The van der Waals surface area contributed by atoms with Gasteiger partial charge in [0.1, 0.15) is 17.0 Å². The summed E-state index contributed by atoms with van der Waals surface area (Å²) in [5, 5.41) is 10.8. The van der Waals surface area contributed by atoms with Gasteiger partial charge in [-0.1, -0.05) is 12.1 Å². The number of benzene rings is 2. The summed E-state index contributed by atoms with van der Waals surface area (Å²) in [5.41, 5.74) is 5.31. The molecule has 1 aliphatic carbocycles. The highest BCUT2D eigenvalue weighted by Gasteiger charge is 2.29. The van der Waals surface area contributed by atoms with E-state index in [4.69, 9.17) is 14.2 Å². The summed E-state index contributed by atoms with van der Waals surface area (Å²) in [6.45, 7) is 9.87. The standard InChI is InChI=1S/C38H40N4O7S/c1-20-15-22(19-39-37(46)49-38(3,4)5)16-21(2)31(20)42-34(43)27-17-28-30(48-13-11-23-12-14-50-33(23)28)18-26(27)25-9-10-29(35(44)40-24-7-8-24)41-32(25)36(45)47-6/h9-10,12,14-18,24H,7-8,11,13,19H2,1-6H3,(H,39,46)(H,40,44)(H,42,43). The van der Waals surface area contributed by atoms with Crippen LogP contribution in [-0.2, 0) is 22.4 Å². The lowest BCUT2D eigenvalue weighted by Crippen LogP contribution is -2.32. The Bertz CT molecular complexity index is 1990. The molecule has 3 heterocycles. The highest BCUT2D eigenvalue weighted by Crippen LogP contribution is 2.43. The third-order valence-electron chi connectivity index (χ3n) is 8.36. The minimum absolute atomic E-state index is 0.0776. The molecule has 0 saturated heterocycles. The van der Waals surface area contributed by atoms with Crippen molar-refractivity contribution in [3.63, 3.8) is 0 Å². The predicted molar refractivity (Wildman–Crippen MR) is 191 cm³/mol. The highest BCUT2D eigenvalue weighted by molar-refractivity contribution is 7.13. The van der Waals surface area contributed by atoms with Crippen LogP contribution in [0.5, 0.6) is 5.75 Å². The minimum atomic E-state index is -0.744. The Morgan fingerprint density at radius 3 is 2.38 bits per heavy atom. The van der Waals surface area contributed by atoms with Gasteiger partial charge in [-0.2, -0.15) is 0 Å². The summed E-state index contributed by atoms with van der Waals surface area (Å²) in [6.07, 6.45) is 1.99. The zero-order valence-corrected chi connectivity index (χ0v) is 29.8. The van der Waals surface area contributed by atoms with Crippen LogP contribution in [0.2, 0.25) is 0 Å². The Morgan fingerprint density at radius 2 is 1.70 bits per heavy atom. The first-order chi connectivity index (χ1) is 23.8. The summed E-state index contributed by atoms with van der Waals surface area (Å²) in [5.74, 6) is -0.972. The molecule has 0 spiro atoms. The number of hydrogen-bond acceptors (Lipinski definition) is 9. The number of thiophene rings is 1. The van der Waals surface area contributed by atoms with Crippen LogP contribution in [-0.4, -0.2) is 54.2 Å². The number of carbonyl (C=O) groups excluding carboxylic acids is 4. The van der Waals surface area contributed by atoms with Gasteiger partial charge in [-0.3, -0.25) is 9.59 Å². The number of alkyl carbamates (subject to hydrolysis) is 1. The maximum absolute atomic E-state index is 14.4. The number of carbonyl (C=O) groups is 4. The van der Waals surface area contributed by atoms with Crippen molar-refractivity contribution in [2.45, 2.75) is 72.1 Å². The van der Waals surface area contributed by atoms with Crippen molar-refractivity contribution in [3.8, 4) is 27.3 Å². The summed E-state index contributed by atoms with van der Waals surface area (Å²) < 4.78 is 16.6. The number of anilines is 1. The van der Waals surface area contributed by atoms with E-state index in [1.54, 1.807) is 56.4 Å². The number of rotatable bonds is 8. The van der Waals surface area contributed by atoms with Crippen molar-refractivity contribution < 1.29 is 33.4 Å². The number of nitrogens with one attached hydrogen (secondary N) is 3. The fourth-order valence-corrected chi connectivity index (χ4v) is 6.87. The van der Waals surface area contributed by atoms with Crippen molar-refractivity contribution in [1.29, 1.82) is 0 Å². The number of methoxy groups -OCH3 is 1. The van der Waals surface area contributed by atoms with Crippen LogP contribution in [0.25, 0.3) is 21.6 Å². The molecule has 2 aromatic carbocycles. The van der Waals surface area contributed by atoms with E-state index in [-0.39, 0.29) is 35.4 Å². The number of hydrogen-bond donors (Lipinski definition) is 3. The lowest BCUT2D eigenvalue weighted by molar-refractivity contribution is 0.0522. The van der Waals surface area contributed by atoms with Gasteiger partial charge < -0.3 is 30.2 Å². The maximum Gasteiger partial charge on any atom is 0.407 e. The quantitative estimate of drug-likeness (QED) is 0.167. The van der Waals surface area contributed by atoms with Gasteiger partial charge in [0.25, 0.3) is 11.8 Å². The predicted octanol–water partition coefficient (Wildman–Crippen LogP) is 6.98. The zero-order chi connectivity index (χ0) is 35.7. The lowest BCUT2D eigenvalue weighted by Gasteiger charge is -2.20. The molecule has 0 bridgehead atoms. The molecular weight excluding hydrogens is 657 g/mol. The zero-order valence-electron chi connectivity index (χ0n) is 28.9. The summed E-state index contributed by atoms with van der Waals surface area (Å²) in [7, 11) is 1.25. The first kappa shape index (κ1) is 34.6. The number of fused-ring (bicyclic) bond motifs is 3. The number of esters is 1. The van der Waals surface area contributed by atoms with Crippen LogP contribution in [0.1, 0.15) is 87.2 Å². The fourth-order valence-electron chi connectivity index (χ4n) is 5.89. The van der Waals surface area contributed by atoms with Gasteiger partial charge >= 0.3 is 12.1 Å². The molecule has 2 aromatic heterocycles. The molecule has 1 saturated carbocycles. The third kappa shape index (κ3) is 7.65. The number of aromatic nitrogens is 1. The number of amides is 3. The Balaban J connectivity index is 1.39. The van der Waals surface area contributed by atoms with E-state index in [0.29, 0.717) is 35.6 Å². The Labute approximate surface area is 294 Å². The van der Waals surface area contributed by atoms with Gasteiger partial charge in [0.05, 0.1) is 13.7 Å². The molecule has 12 heteroatoms. The Kier molecular flexibility index (Phi) is 9.66. The van der Waals surface area contributed by atoms with Crippen molar-refractivity contribution >= 4 is 40.9 Å². The lowest BCUT2D eigenvalue weighted by atomic mass is 9.93. The second kappa shape index (κ2) is 13.9. The molecule has 1 fully saturated rings. The molecule has 6 rings (SSSR count). The third-order valence-corrected chi connectivity index (χ3v) is 9.35. The van der Waals surface area contributed by atoms with Gasteiger partial charge in [-0.25, -0.2) is 14.6 Å². The molecule has 3 amide bonds. The van der Waals surface area contributed by atoms with E-state index < -0.39 is 23.6 Å². The van der Waals surface area contributed by atoms with Gasteiger partial charge in [0.15, 0.2) is 5.69 Å². The fraction of sp³-hybridized carbons (Fsp3) is 0.342. The number of nitrogens with zero attached hydrogens (tertiary/aromatic N) is 1. The van der Waals surface area contributed by atoms with E-state index in [2.05, 4.69) is 27.0 Å². The highest BCUT2D eigenvalue weighted by atomic mass is 32.1. The van der Waals surface area contributed by atoms with E-state index in [1.807, 2.05) is 31.4 Å². The first-order valence-corrected chi connectivity index (χ1v) is 17.4. The molecule has 1 aliphatic heterocycles. The molecule has 3 N–H and O–H groups in total. The molecule has 2 aliphatic rings. The molecular formula is C38H40N4O7S. The normalized spacial score (nSPS) is 13.6. The smallest absolute Gasteiger partial charge is 0.407 e. The molecule has 11 nitrogen and oxygen atoms in total. The summed E-state index contributed by atoms with van der Waals surface area (Å²) in [6, 6.07) is 12.7. The van der Waals surface area contributed by atoms with E-state index in [1.165, 1.54) is 7.11 Å². The molecule has 0 radical (unpaired) electrons. The molecule has 260 valence electrons. The second-order valence-electron chi connectivity index (χ2n) is 13.5. The molecule has 50 heavy (non-hydrogen) atoms. The van der Waals surface area contributed by atoms with E-state index in [9.17, 15) is 19.2 Å². The van der Waals surface area contributed by atoms with Crippen LogP contribution in [0.3, 0.4) is 0 Å². The monoisotopic (exact) mass is 696 g/mol. The van der Waals surface area contributed by atoms with Crippen LogP contribution < -0.4 is 20.7 Å². The van der Waals surface area contributed by atoms with E-state index in [0.717, 1.165) is 45.5 Å². The first-order valence-electron chi connectivity index (χ1n) is 16.5. The van der Waals surface area contributed by atoms with Crippen LogP contribution >= 0.6 is 11.3 Å². The number of aryl methyl sites for hydroxylation is 2. The average Bonchev–Trinajstić information content (AvgIpc) is 3.80. The van der Waals surface area contributed by atoms with Gasteiger partial charge in [0, 0.05) is 51.8 Å². The number of ether oxygens (including phenoxy) is 3.